The van der Waals surface area contributed by atoms with Gasteiger partial charge in [-0.25, -0.2) is 9.78 Å². The first-order valence-corrected chi connectivity index (χ1v) is 6.12. The van der Waals surface area contributed by atoms with Gasteiger partial charge < -0.3 is 15.2 Å². The Morgan fingerprint density at radius 1 is 1.61 bits per heavy atom. The average Bonchev–Trinajstić information content (AvgIpc) is 2.75. The lowest BCUT2D eigenvalue weighted by Crippen LogP contribution is -2.35. The molecule has 2 N–H and O–H groups in total. The Hall–Kier alpha value is -1.62. The Bertz CT molecular complexity index is 454. The minimum atomic E-state index is -0.928. The molecule has 1 fully saturated rings. The van der Waals surface area contributed by atoms with E-state index in [4.69, 9.17) is 9.84 Å². The van der Waals surface area contributed by atoms with Crippen LogP contribution in [-0.2, 0) is 11.2 Å². The zero-order valence-electron chi connectivity index (χ0n) is 10.7. The van der Waals surface area contributed by atoms with Crippen LogP contribution in [0, 0.1) is 0 Å². The molecule has 5 nitrogen and oxygen atoms in total. The number of hydrogen-bond donors (Lipinski definition) is 2. The number of carboxylic acids is 1. The highest BCUT2D eigenvalue weighted by molar-refractivity contribution is 5.88. The van der Waals surface area contributed by atoms with Crippen molar-refractivity contribution in [2.24, 2.45) is 0 Å². The quantitative estimate of drug-likeness (QED) is 0.854. The van der Waals surface area contributed by atoms with Gasteiger partial charge in [-0.15, -0.1) is 0 Å². The summed E-state index contributed by atoms with van der Waals surface area (Å²) in [5.41, 5.74) is 0.890. The first kappa shape index (κ1) is 12.8. The summed E-state index contributed by atoms with van der Waals surface area (Å²) < 4.78 is 5.36. The van der Waals surface area contributed by atoms with E-state index in [-0.39, 0.29) is 11.1 Å². The zero-order chi connectivity index (χ0) is 13.2. The third-order valence-corrected chi connectivity index (χ3v) is 3.14. The second-order valence-corrected chi connectivity index (χ2v) is 4.88. The molecule has 1 saturated heterocycles. The van der Waals surface area contributed by atoms with E-state index in [9.17, 15) is 4.79 Å². The number of nitrogens with zero attached hydrogens (tertiary/aromatic N) is 1. The van der Waals surface area contributed by atoms with Gasteiger partial charge in [-0.2, -0.15) is 0 Å². The van der Waals surface area contributed by atoms with Crippen molar-refractivity contribution in [3.05, 3.63) is 23.4 Å². The molecule has 0 spiro atoms. The molecule has 5 heteroatoms. The zero-order valence-corrected chi connectivity index (χ0v) is 10.7. The molecular formula is C13H18N2O3. The fraction of sp³-hybridized carbons (Fsp3) is 0.538. The van der Waals surface area contributed by atoms with Gasteiger partial charge in [-0.1, -0.05) is 6.92 Å². The summed E-state index contributed by atoms with van der Waals surface area (Å²) in [6.07, 6.45) is 1.61. The van der Waals surface area contributed by atoms with Gasteiger partial charge >= 0.3 is 5.97 Å². The van der Waals surface area contributed by atoms with Crippen LogP contribution in [0.5, 0.6) is 0 Å². The Morgan fingerprint density at radius 2 is 2.39 bits per heavy atom. The Balaban J connectivity index is 2.26. The minimum absolute atomic E-state index is 0.158. The van der Waals surface area contributed by atoms with E-state index in [1.54, 1.807) is 12.1 Å². The standard InChI is InChI=1S/C13H18N2O3/c1-3-10-6-9(12(16)17)7-11(14-10)15-13(2)4-5-18-8-13/h6-7H,3-5,8H2,1-2H3,(H,14,15)(H,16,17). The van der Waals surface area contributed by atoms with Crippen LogP contribution in [0.2, 0.25) is 0 Å². The lowest BCUT2D eigenvalue weighted by Gasteiger charge is -2.24. The summed E-state index contributed by atoms with van der Waals surface area (Å²) in [6.45, 7) is 5.36. The molecule has 98 valence electrons. The Kier molecular flexibility index (Phi) is 3.52. The number of aromatic nitrogens is 1. The molecule has 1 unspecified atom stereocenters. The number of nitrogens with one attached hydrogen (secondary N) is 1. The van der Waals surface area contributed by atoms with Gasteiger partial charge in [0.25, 0.3) is 0 Å². The first-order valence-electron chi connectivity index (χ1n) is 6.12. The second kappa shape index (κ2) is 4.94. The maximum absolute atomic E-state index is 11.1. The van der Waals surface area contributed by atoms with Crippen molar-refractivity contribution < 1.29 is 14.6 Å². The van der Waals surface area contributed by atoms with Crippen molar-refractivity contribution in [1.29, 1.82) is 0 Å². The largest absolute Gasteiger partial charge is 0.478 e. The third kappa shape index (κ3) is 2.79. The maximum Gasteiger partial charge on any atom is 0.335 e. The van der Waals surface area contributed by atoms with Gasteiger partial charge in [0.2, 0.25) is 0 Å². The van der Waals surface area contributed by atoms with E-state index in [1.165, 1.54) is 0 Å². The first-order chi connectivity index (χ1) is 8.52. The molecule has 0 aliphatic carbocycles. The van der Waals surface area contributed by atoms with E-state index in [2.05, 4.69) is 17.2 Å². The predicted molar refractivity (Wildman–Crippen MR) is 68.0 cm³/mol. The molecule has 0 aromatic carbocycles. The van der Waals surface area contributed by atoms with E-state index in [0.29, 0.717) is 18.8 Å². The molecule has 18 heavy (non-hydrogen) atoms. The van der Waals surface area contributed by atoms with Crippen molar-refractivity contribution in [3.63, 3.8) is 0 Å². The van der Waals surface area contributed by atoms with Crippen LogP contribution < -0.4 is 5.32 Å². The molecule has 2 rings (SSSR count). The topological polar surface area (TPSA) is 71.5 Å². The van der Waals surface area contributed by atoms with Crippen LogP contribution in [0.25, 0.3) is 0 Å². The highest BCUT2D eigenvalue weighted by Gasteiger charge is 2.30. The molecule has 1 aliphatic rings. The lowest BCUT2D eigenvalue weighted by atomic mass is 10.0. The molecule has 1 aromatic rings. The molecule has 0 saturated carbocycles. The average molecular weight is 250 g/mol. The number of hydrogen-bond acceptors (Lipinski definition) is 4. The summed E-state index contributed by atoms with van der Waals surface area (Å²) in [4.78, 5) is 15.5. The van der Waals surface area contributed by atoms with Gasteiger partial charge in [0, 0.05) is 12.3 Å². The molecule has 2 heterocycles. The molecule has 0 amide bonds. The number of pyridine rings is 1. The van der Waals surface area contributed by atoms with E-state index in [1.807, 2.05) is 6.92 Å². The maximum atomic E-state index is 11.1. The molecule has 0 bridgehead atoms. The SMILES string of the molecule is CCc1cc(C(=O)O)cc(NC2(C)CCOC2)n1. The summed E-state index contributed by atoms with van der Waals surface area (Å²) >= 11 is 0. The van der Waals surface area contributed by atoms with Crippen molar-refractivity contribution in [1.82, 2.24) is 4.98 Å². The van der Waals surface area contributed by atoms with Crippen molar-refractivity contribution >= 4 is 11.8 Å². The number of ether oxygens (including phenoxy) is 1. The van der Waals surface area contributed by atoms with Crippen LogP contribution in [0.4, 0.5) is 5.82 Å². The fourth-order valence-corrected chi connectivity index (χ4v) is 2.03. The minimum Gasteiger partial charge on any atom is -0.478 e. The monoisotopic (exact) mass is 250 g/mol. The van der Waals surface area contributed by atoms with Crippen LogP contribution >= 0.6 is 0 Å². The predicted octanol–water partition coefficient (Wildman–Crippen LogP) is 1.93. The van der Waals surface area contributed by atoms with E-state index < -0.39 is 5.97 Å². The Labute approximate surface area is 106 Å². The molecular weight excluding hydrogens is 232 g/mol. The van der Waals surface area contributed by atoms with Gasteiger partial charge in [0.15, 0.2) is 0 Å². The lowest BCUT2D eigenvalue weighted by molar-refractivity contribution is 0.0696. The van der Waals surface area contributed by atoms with Crippen LogP contribution in [0.1, 0.15) is 36.3 Å². The third-order valence-electron chi connectivity index (χ3n) is 3.14. The van der Waals surface area contributed by atoms with Crippen molar-refractivity contribution in [3.8, 4) is 0 Å². The number of aryl methyl sites for hydroxylation is 1. The smallest absolute Gasteiger partial charge is 0.335 e. The highest BCUT2D eigenvalue weighted by atomic mass is 16.5. The molecule has 1 aromatic heterocycles. The van der Waals surface area contributed by atoms with Crippen LogP contribution in [0.3, 0.4) is 0 Å². The van der Waals surface area contributed by atoms with Gasteiger partial charge in [-0.05, 0) is 31.9 Å². The van der Waals surface area contributed by atoms with Crippen molar-refractivity contribution in [2.45, 2.75) is 32.2 Å². The van der Waals surface area contributed by atoms with Gasteiger partial charge in [0.05, 0.1) is 17.7 Å². The summed E-state index contributed by atoms with van der Waals surface area (Å²) in [5, 5.41) is 12.4. The number of anilines is 1. The fourth-order valence-electron chi connectivity index (χ4n) is 2.03. The molecule has 1 atom stereocenters. The highest BCUT2D eigenvalue weighted by Crippen LogP contribution is 2.23. The summed E-state index contributed by atoms with van der Waals surface area (Å²) in [6, 6.07) is 3.19. The van der Waals surface area contributed by atoms with E-state index in [0.717, 1.165) is 18.7 Å². The van der Waals surface area contributed by atoms with Crippen LogP contribution in [0.15, 0.2) is 12.1 Å². The van der Waals surface area contributed by atoms with E-state index >= 15 is 0 Å². The molecule has 0 radical (unpaired) electrons. The van der Waals surface area contributed by atoms with Crippen molar-refractivity contribution in [2.75, 3.05) is 18.5 Å². The molecule has 1 aliphatic heterocycles. The Morgan fingerprint density at radius 3 is 2.94 bits per heavy atom. The number of aromatic carboxylic acids is 1. The second-order valence-electron chi connectivity index (χ2n) is 4.88. The number of carboxylic acid groups (broad SMARTS) is 1. The van der Waals surface area contributed by atoms with Crippen LogP contribution in [-0.4, -0.2) is 34.8 Å². The number of rotatable bonds is 4. The summed E-state index contributed by atoms with van der Waals surface area (Å²) in [5.74, 6) is -0.317. The van der Waals surface area contributed by atoms with Gasteiger partial charge in [-0.3, -0.25) is 0 Å². The summed E-state index contributed by atoms with van der Waals surface area (Å²) in [7, 11) is 0. The van der Waals surface area contributed by atoms with Gasteiger partial charge in [0.1, 0.15) is 5.82 Å². The normalized spacial score (nSPS) is 23.0. The number of carbonyl (C=O) groups is 1.